The zero-order chi connectivity index (χ0) is 19.0. The van der Waals surface area contributed by atoms with Crippen LogP contribution in [-0.2, 0) is 4.79 Å². The van der Waals surface area contributed by atoms with Crippen LogP contribution in [0, 0.1) is 0 Å². The normalized spacial score (nSPS) is 10.9. The number of thiophene rings is 1. The van der Waals surface area contributed by atoms with Crippen LogP contribution in [0.5, 0.6) is 0 Å². The summed E-state index contributed by atoms with van der Waals surface area (Å²) in [5, 5.41) is 6.26. The quantitative estimate of drug-likeness (QED) is 0.243. The molecule has 1 amide bonds. The molecule has 134 valence electrons. The summed E-state index contributed by atoms with van der Waals surface area (Å²) in [5.41, 5.74) is 3.41. The highest BCUT2D eigenvalue weighted by atomic mass is 127. The lowest BCUT2D eigenvalue weighted by molar-refractivity contribution is -0.115. The van der Waals surface area contributed by atoms with Crippen LogP contribution in [0.25, 0.3) is 16.9 Å². The van der Waals surface area contributed by atoms with Crippen LogP contribution in [-0.4, -0.2) is 26.3 Å². The topological polar surface area (TPSA) is 67.6 Å². The van der Waals surface area contributed by atoms with Crippen molar-refractivity contribution >= 4 is 57.2 Å². The minimum absolute atomic E-state index is 0.0597. The third-order valence-corrected chi connectivity index (χ3v) is 6.14. The number of nitrogens with zero attached hydrogens (tertiary/aromatic N) is 4. The number of carbonyl (C=O) groups excluding carboxylic acids is 2. The molecule has 0 saturated carbocycles. The summed E-state index contributed by atoms with van der Waals surface area (Å²) < 4.78 is 3.21. The molecular weight excluding hydrogens is 475 g/mol. The fraction of sp³-hybridized carbons (Fsp3) is 0.0526. The molecule has 0 radical (unpaired) electrons. The molecule has 0 aliphatic rings. The molecular formula is C19H13IN4O2S. The van der Waals surface area contributed by atoms with Gasteiger partial charge in [0.2, 0.25) is 11.7 Å². The molecule has 0 atom stereocenters. The number of anilines is 1. The Morgan fingerprint density at radius 1 is 1.19 bits per heavy atom. The first-order chi connectivity index (χ1) is 13.1. The first-order valence-electron chi connectivity index (χ1n) is 8.04. The second kappa shape index (κ2) is 7.20. The van der Waals surface area contributed by atoms with Crippen molar-refractivity contribution in [2.45, 2.75) is 6.92 Å². The van der Waals surface area contributed by atoms with Crippen LogP contribution in [0.2, 0.25) is 0 Å². The van der Waals surface area contributed by atoms with Gasteiger partial charge < -0.3 is 0 Å². The Bertz CT molecular complexity index is 1150. The third kappa shape index (κ3) is 3.26. The zero-order valence-corrected chi connectivity index (χ0v) is 17.1. The van der Waals surface area contributed by atoms with Gasteiger partial charge in [0.25, 0.3) is 0 Å². The van der Waals surface area contributed by atoms with Gasteiger partial charge in [-0.15, -0.1) is 11.3 Å². The van der Waals surface area contributed by atoms with Crippen molar-refractivity contribution in [3.63, 3.8) is 0 Å². The molecule has 3 heterocycles. The molecule has 0 saturated heterocycles. The van der Waals surface area contributed by atoms with Crippen LogP contribution in [0.1, 0.15) is 22.2 Å². The summed E-state index contributed by atoms with van der Waals surface area (Å²) in [6, 6.07) is 13.1. The van der Waals surface area contributed by atoms with Crippen LogP contribution in [0.15, 0.2) is 60.2 Å². The molecule has 4 aromatic rings. The number of fused-ring (bicyclic) bond motifs is 1. The molecule has 1 aromatic carbocycles. The van der Waals surface area contributed by atoms with Crippen LogP contribution in [0.3, 0.4) is 0 Å². The van der Waals surface area contributed by atoms with Gasteiger partial charge in [0.1, 0.15) is 0 Å². The number of rotatable bonds is 4. The number of benzene rings is 1. The smallest absolute Gasteiger partial charge is 0.232 e. The van der Waals surface area contributed by atoms with Gasteiger partial charge in [-0.3, -0.25) is 12.7 Å². The van der Waals surface area contributed by atoms with Crippen molar-refractivity contribution < 1.29 is 9.59 Å². The van der Waals surface area contributed by atoms with Gasteiger partial charge >= 0.3 is 0 Å². The Balaban J connectivity index is 1.82. The van der Waals surface area contributed by atoms with Crippen molar-refractivity contribution in [2.75, 3.05) is 3.11 Å². The van der Waals surface area contributed by atoms with Crippen molar-refractivity contribution in [1.29, 1.82) is 0 Å². The Labute approximate surface area is 173 Å². The summed E-state index contributed by atoms with van der Waals surface area (Å²) >= 11 is 3.37. The summed E-state index contributed by atoms with van der Waals surface area (Å²) in [5.74, 6) is -0.149. The van der Waals surface area contributed by atoms with E-state index in [1.54, 1.807) is 26.1 Å². The number of hydrogen-bond donors (Lipinski definition) is 0. The molecule has 0 aliphatic heterocycles. The maximum Gasteiger partial charge on any atom is 0.232 e. The maximum absolute atomic E-state index is 12.7. The fourth-order valence-electron chi connectivity index (χ4n) is 2.78. The molecule has 0 N–H and O–H groups in total. The predicted molar refractivity (Wildman–Crippen MR) is 113 cm³/mol. The molecule has 4 rings (SSSR count). The average molecular weight is 488 g/mol. The van der Waals surface area contributed by atoms with Gasteiger partial charge in [-0.25, -0.2) is 9.50 Å². The van der Waals surface area contributed by atoms with E-state index in [9.17, 15) is 9.59 Å². The number of amides is 1. The number of aromatic nitrogens is 3. The van der Waals surface area contributed by atoms with Gasteiger partial charge in [-0.1, -0.05) is 18.2 Å². The summed E-state index contributed by atoms with van der Waals surface area (Å²) in [4.78, 5) is 29.4. The number of ketones is 1. The van der Waals surface area contributed by atoms with Gasteiger partial charge in [0.05, 0.1) is 50.9 Å². The lowest BCUT2D eigenvalue weighted by Gasteiger charge is -2.13. The summed E-state index contributed by atoms with van der Waals surface area (Å²) in [6.07, 6.45) is 3.22. The average Bonchev–Trinajstić information content (AvgIpc) is 3.36. The second-order valence-electron chi connectivity index (χ2n) is 5.78. The molecule has 0 aliphatic carbocycles. The van der Waals surface area contributed by atoms with E-state index >= 15 is 0 Å². The van der Waals surface area contributed by atoms with Crippen LogP contribution >= 0.6 is 34.2 Å². The Morgan fingerprint density at radius 3 is 2.78 bits per heavy atom. The Hall–Kier alpha value is -2.59. The van der Waals surface area contributed by atoms with Crippen molar-refractivity contribution in [2.24, 2.45) is 0 Å². The maximum atomic E-state index is 12.7. The van der Waals surface area contributed by atoms with Gasteiger partial charge in [0, 0.05) is 18.7 Å². The molecule has 0 fully saturated rings. The first-order valence-corrected chi connectivity index (χ1v) is 9.88. The highest BCUT2D eigenvalue weighted by Gasteiger charge is 2.18. The van der Waals surface area contributed by atoms with Gasteiger partial charge in [0.15, 0.2) is 5.65 Å². The molecule has 0 bridgehead atoms. The molecule has 0 spiro atoms. The Morgan fingerprint density at radius 2 is 2.04 bits per heavy atom. The SMILES string of the molecule is CC(=O)N(I)c1cccc(-c2ccnc3c(C(=O)c4cccs4)cnn23)c1. The minimum Gasteiger partial charge on any atom is -0.287 e. The third-order valence-electron chi connectivity index (χ3n) is 4.04. The highest BCUT2D eigenvalue weighted by molar-refractivity contribution is 14.1. The van der Waals surface area contributed by atoms with E-state index in [0.717, 1.165) is 16.9 Å². The van der Waals surface area contributed by atoms with Gasteiger partial charge in [-0.05, 0) is 29.6 Å². The zero-order valence-electron chi connectivity index (χ0n) is 14.2. The van der Waals surface area contributed by atoms with E-state index in [4.69, 9.17) is 0 Å². The van der Waals surface area contributed by atoms with E-state index in [0.29, 0.717) is 16.1 Å². The highest BCUT2D eigenvalue weighted by Crippen LogP contribution is 2.28. The summed E-state index contributed by atoms with van der Waals surface area (Å²) in [7, 11) is 0. The lowest BCUT2D eigenvalue weighted by atomic mass is 10.1. The molecule has 3 aromatic heterocycles. The minimum atomic E-state index is -0.0894. The first kappa shape index (κ1) is 17.8. The fourth-order valence-corrected chi connectivity index (χ4v) is 3.76. The predicted octanol–water partition coefficient (Wildman–Crippen LogP) is 4.39. The van der Waals surface area contributed by atoms with E-state index in [1.807, 2.05) is 64.6 Å². The molecule has 27 heavy (non-hydrogen) atoms. The number of hydrogen-bond acceptors (Lipinski definition) is 5. The van der Waals surface area contributed by atoms with Gasteiger partial charge in [-0.2, -0.15) is 5.10 Å². The van der Waals surface area contributed by atoms with Crippen molar-refractivity contribution in [3.8, 4) is 11.3 Å². The van der Waals surface area contributed by atoms with Crippen LogP contribution < -0.4 is 3.11 Å². The van der Waals surface area contributed by atoms with E-state index in [1.165, 1.54) is 18.3 Å². The molecule has 6 nitrogen and oxygen atoms in total. The standard InChI is InChI=1S/C19H13IN4O2S/c1-12(25)23(20)14-5-2-4-13(10-14)16-7-8-21-19-15(11-22-24(16)19)18(26)17-6-3-9-27-17/h2-11H,1H3. The monoisotopic (exact) mass is 488 g/mol. The largest absolute Gasteiger partial charge is 0.287 e. The van der Waals surface area contributed by atoms with Crippen LogP contribution in [0.4, 0.5) is 5.69 Å². The lowest BCUT2D eigenvalue weighted by Crippen LogP contribution is -2.15. The summed E-state index contributed by atoms with van der Waals surface area (Å²) in [6.45, 7) is 1.51. The number of carbonyl (C=O) groups is 2. The number of halogens is 1. The molecule has 0 unspecified atom stereocenters. The van der Waals surface area contributed by atoms with E-state index in [2.05, 4.69) is 10.1 Å². The Kier molecular flexibility index (Phi) is 4.75. The molecule has 8 heteroatoms. The van der Waals surface area contributed by atoms with E-state index < -0.39 is 0 Å². The van der Waals surface area contributed by atoms with Crippen molar-refractivity contribution in [1.82, 2.24) is 14.6 Å². The second-order valence-corrected chi connectivity index (χ2v) is 7.69. The van der Waals surface area contributed by atoms with E-state index in [-0.39, 0.29) is 11.7 Å². The van der Waals surface area contributed by atoms with Crippen molar-refractivity contribution in [3.05, 3.63) is 70.7 Å².